The maximum absolute atomic E-state index is 12.3. The first-order chi connectivity index (χ1) is 8.80. The quantitative estimate of drug-likeness (QED) is 0.614. The molecule has 5 rings (SSSR count). The lowest BCUT2D eigenvalue weighted by Gasteiger charge is -2.54. The summed E-state index contributed by atoms with van der Waals surface area (Å²) in [5.74, 6) is 4.59. The minimum absolute atomic E-state index is 0.00560. The van der Waals surface area contributed by atoms with Gasteiger partial charge < -0.3 is 4.74 Å². The van der Waals surface area contributed by atoms with Gasteiger partial charge in [0.25, 0.3) is 0 Å². The van der Waals surface area contributed by atoms with Crippen molar-refractivity contribution < 1.29 is 9.53 Å². The zero-order chi connectivity index (χ0) is 11.9. The summed E-state index contributed by atoms with van der Waals surface area (Å²) in [6, 6.07) is 0. The maximum atomic E-state index is 12.3. The van der Waals surface area contributed by atoms with Crippen molar-refractivity contribution in [2.75, 3.05) is 0 Å². The van der Waals surface area contributed by atoms with E-state index in [1.807, 2.05) is 0 Å². The molecule has 0 aromatic heterocycles. The average molecular weight is 246 g/mol. The highest BCUT2D eigenvalue weighted by Crippen LogP contribution is 2.72. The van der Waals surface area contributed by atoms with E-state index in [9.17, 15) is 4.79 Å². The van der Waals surface area contributed by atoms with Crippen molar-refractivity contribution in [3.8, 4) is 0 Å². The Morgan fingerprint density at radius 1 is 1.00 bits per heavy atom. The predicted octanol–water partition coefficient (Wildman–Crippen LogP) is 3.15. The fraction of sp³-hybridized carbons (Fsp3) is 0.938. The summed E-state index contributed by atoms with van der Waals surface area (Å²) in [6.07, 6.45) is 10.5. The van der Waals surface area contributed by atoms with Gasteiger partial charge in [0.1, 0.15) is 5.60 Å². The van der Waals surface area contributed by atoms with Gasteiger partial charge in [0.15, 0.2) is 0 Å². The first-order valence-corrected chi connectivity index (χ1v) is 8.03. The fourth-order valence-electron chi connectivity index (χ4n) is 6.68. The lowest BCUT2D eigenvalue weighted by Crippen LogP contribution is -2.56. The van der Waals surface area contributed by atoms with Crippen LogP contribution < -0.4 is 0 Å². The van der Waals surface area contributed by atoms with E-state index in [0.717, 1.165) is 23.7 Å². The van der Waals surface area contributed by atoms with E-state index in [1.165, 1.54) is 51.4 Å². The third kappa shape index (κ3) is 0.981. The van der Waals surface area contributed by atoms with Gasteiger partial charge in [0.2, 0.25) is 0 Å². The number of ether oxygens (including phenoxy) is 1. The van der Waals surface area contributed by atoms with Crippen LogP contribution in [-0.2, 0) is 9.53 Å². The average Bonchev–Trinajstić information content (AvgIpc) is 2.92. The Hall–Kier alpha value is -0.530. The van der Waals surface area contributed by atoms with Gasteiger partial charge in [-0.05, 0) is 68.6 Å². The Kier molecular flexibility index (Phi) is 1.79. The van der Waals surface area contributed by atoms with Crippen molar-refractivity contribution >= 4 is 5.97 Å². The molecule has 4 saturated carbocycles. The van der Waals surface area contributed by atoms with Crippen molar-refractivity contribution in [3.63, 3.8) is 0 Å². The molecule has 2 heteroatoms. The number of fused-ring (bicyclic) bond motifs is 9. The molecule has 2 bridgehead atoms. The van der Waals surface area contributed by atoms with Crippen LogP contribution in [-0.4, -0.2) is 11.6 Å². The molecule has 4 aliphatic carbocycles. The molecule has 0 radical (unpaired) electrons. The van der Waals surface area contributed by atoms with E-state index < -0.39 is 0 Å². The van der Waals surface area contributed by atoms with E-state index >= 15 is 0 Å². The van der Waals surface area contributed by atoms with Crippen molar-refractivity contribution in [1.82, 2.24) is 0 Å². The SMILES string of the molecule is O=C1OC2(CCCCC2)C2C1C1C3CCC(C3)C12. The normalized spacial score (nSPS) is 55.0. The second kappa shape index (κ2) is 3.13. The third-order valence-corrected chi connectivity index (χ3v) is 7.15. The van der Waals surface area contributed by atoms with Gasteiger partial charge in [0.05, 0.1) is 5.92 Å². The number of rotatable bonds is 0. The van der Waals surface area contributed by atoms with Crippen LogP contribution in [0.2, 0.25) is 0 Å². The van der Waals surface area contributed by atoms with Gasteiger partial charge in [0, 0.05) is 5.92 Å². The summed E-state index contributed by atoms with van der Waals surface area (Å²) in [4.78, 5) is 12.3. The van der Waals surface area contributed by atoms with Crippen molar-refractivity contribution in [1.29, 1.82) is 0 Å². The molecule has 0 aromatic rings. The number of carbonyl (C=O) groups is 1. The zero-order valence-corrected chi connectivity index (χ0v) is 10.9. The summed E-state index contributed by atoms with van der Waals surface area (Å²) in [7, 11) is 0. The highest BCUT2D eigenvalue weighted by Gasteiger charge is 2.74. The Labute approximate surface area is 108 Å². The van der Waals surface area contributed by atoms with E-state index in [-0.39, 0.29) is 11.6 Å². The van der Waals surface area contributed by atoms with Crippen LogP contribution in [0.3, 0.4) is 0 Å². The maximum Gasteiger partial charge on any atom is 0.310 e. The molecular weight excluding hydrogens is 224 g/mol. The first-order valence-electron chi connectivity index (χ1n) is 8.03. The van der Waals surface area contributed by atoms with Crippen LogP contribution in [0.5, 0.6) is 0 Å². The molecule has 0 amide bonds. The number of esters is 1. The Morgan fingerprint density at radius 3 is 2.50 bits per heavy atom. The lowest BCUT2D eigenvalue weighted by atomic mass is 9.47. The minimum Gasteiger partial charge on any atom is -0.459 e. The van der Waals surface area contributed by atoms with Crippen LogP contribution >= 0.6 is 0 Å². The highest BCUT2D eigenvalue weighted by molar-refractivity contribution is 5.78. The van der Waals surface area contributed by atoms with Crippen molar-refractivity contribution in [2.24, 2.45) is 35.5 Å². The highest BCUT2D eigenvalue weighted by atomic mass is 16.6. The van der Waals surface area contributed by atoms with Crippen LogP contribution in [0, 0.1) is 35.5 Å². The Balaban J connectivity index is 1.53. The van der Waals surface area contributed by atoms with Crippen LogP contribution in [0.25, 0.3) is 0 Å². The number of hydrogen-bond acceptors (Lipinski definition) is 2. The van der Waals surface area contributed by atoms with Gasteiger partial charge in [-0.25, -0.2) is 0 Å². The Morgan fingerprint density at radius 2 is 1.72 bits per heavy atom. The van der Waals surface area contributed by atoms with Crippen LogP contribution in [0.1, 0.15) is 51.4 Å². The molecule has 18 heavy (non-hydrogen) atoms. The van der Waals surface area contributed by atoms with Gasteiger partial charge in [-0.1, -0.05) is 6.42 Å². The number of carbonyl (C=O) groups excluding carboxylic acids is 1. The van der Waals surface area contributed by atoms with E-state index in [2.05, 4.69) is 0 Å². The van der Waals surface area contributed by atoms with Crippen molar-refractivity contribution in [2.45, 2.75) is 57.0 Å². The summed E-state index contributed by atoms with van der Waals surface area (Å²) in [5, 5.41) is 0. The second-order valence-electron chi connectivity index (χ2n) is 7.59. The molecule has 2 nitrogen and oxygen atoms in total. The lowest BCUT2D eigenvalue weighted by molar-refractivity contribution is -0.153. The first kappa shape index (κ1) is 10.3. The molecule has 0 aromatic carbocycles. The van der Waals surface area contributed by atoms with Crippen molar-refractivity contribution in [3.05, 3.63) is 0 Å². The van der Waals surface area contributed by atoms with Crippen LogP contribution in [0.15, 0.2) is 0 Å². The molecule has 1 aliphatic heterocycles. The minimum atomic E-state index is 0.00560. The topological polar surface area (TPSA) is 26.3 Å². The molecule has 98 valence electrons. The molecule has 1 spiro atoms. The Bertz CT molecular complexity index is 409. The standard InChI is InChI=1S/C16H22O2/c17-15-13-11-9-4-5-10(8-9)12(11)14(13)16(18-15)6-2-1-3-7-16/h9-14H,1-8H2. The summed E-state index contributed by atoms with van der Waals surface area (Å²) < 4.78 is 6.00. The molecule has 6 atom stereocenters. The molecular formula is C16H22O2. The third-order valence-electron chi connectivity index (χ3n) is 7.15. The van der Waals surface area contributed by atoms with Gasteiger partial charge in [-0.15, -0.1) is 0 Å². The molecule has 6 unspecified atom stereocenters. The smallest absolute Gasteiger partial charge is 0.310 e. The fourth-order valence-corrected chi connectivity index (χ4v) is 6.68. The van der Waals surface area contributed by atoms with Crippen LogP contribution in [0.4, 0.5) is 0 Å². The molecule has 0 N–H and O–H groups in total. The predicted molar refractivity (Wildman–Crippen MR) is 66.7 cm³/mol. The van der Waals surface area contributed by atoms with E-state index in [0.29, 0.717) is 11.8 Å². The zero-order valence-electron chi connectivity index (χ0n) is 10.9. The summed E-state index contributed by atoms with van der Waals surface area (Å²) >= 11 is 0. The molecule has 1 heterocycles. The number of hydrogen-bond donors (Lipinski definition) is 0. The van der Waals surface area contributed by atoms with E-state index in [1.54, 1.807) is 0 Å². The molecule has 5 aliphatic rings. The van der Waals surface area contributed by atoms with Gasteiger partial charge in [-0.3, -0.25) is 4.79 Å². The summed E-state index contributed by atoms with van der Waals surface area (Å²) in [5.41, 5.74) is 0.00560. The monoisotopic (exact) mass is 246 g/mol. The van der Waals surface area contributed by atoms with E-state index in [4.69, 9.17) is 4.74 Å². The second-order valence-corrected chi connectivity index (χ2v) is 7.59. The largest absolute Gasteiger partial charge is 0.459 e. The molecule has 1 saturated heterocycles. The van der Waals surface area contributed by atoms with Gasteiger partial charge >= 0.3 is 5.97 Å². The molecule has 5 fully saturated rings. The van der Waals surface area contributed by atoms with Gasteiger partial charge in [-0.2, -0.15) is 0 Å². The summed E-state index contributed by atoms with van der Waals surface area (Å²) in [6.45, 7) is 0.